The zero-order valence-electron chi connectivity index (χ0n) is 16.8. The van der Waals surface area contributed by atoms with Crippen LogP contribution in [0.25, 0.3) is 6.08 Å². The average molecular weight is 408 g/mol. The van der Waals surface area contributed by atoms with Crippen LogP contribution in [0.4, 0.5) is 5.69 Å². The molecule has 0 saturated carbocycles. The molecule has 30 heavy (non-hydrogen) atoms. The van der Waals surface area contributed by atoms with Gasteiger partial charge in [0.05, 0.1) is 12.0 Å². The Kier molecular flexibility index (Phi) is 5.96. The van der Waals surface area contributed by atoms with Gasteiger partial charge < -0.3 is 14.2 Å². The van der Waals surface area contributed by atoms with Crippen LogP contribution < -0.4 is 9.47 Å². The Labute approximate surface area is 173 Å². The largest absolute Gasteiger partial charge is 0.493 e. The van der Waals surface area contributed by atoms with Gasteiger partial charge in [0.2, 0.25) is 5.90 Å². The van der Waals surface area contributed by atoms with Crippen molar-refractivity contribution >= 4 is 23.6 Å². The van der Waals surface area contributed by atoms with Gasteiger partial charge in [-0.1, -0.05) is 12.6 Å². The first kappa shape index (κ1) is 20.8. The van der Waals surface area contributed by atoms with Crippen molar-refractivity contribution in [2.45, 2.75) is 13.8 Å². The quantitative estimate of drug-likeness (QED) is 0.224. The Morgan fingerprint density at radius 3 is 2.67 bits per heavy atom. The number of carbonyl (C=O) groups is 1. The van der Waals surface area contributed by atoms with Crippen LogP contribution in [0.5, 0.6) is 11.5 Å². The minimum Gasteiger partial charge on any atom is -0.493 e. The summed E-state index contributed by atoms with van der Waals surface area (Å²) in [6.45, 7) is 7.63. The molecular weight excluding hydrogens is 388 g/mol. The fraction of sp³-hybridized carbons (Fsp3) is 0.182. The average Bonchev–Trinajstić information content (AvgIpc) is 3.06. The summed E-state index contributed by atoms with van der Waals surface area (Å²) in [7, 11) is 1.52. The fourth-order valence-corrected chi connectivity index (χ4v) is 2.78. The van der Waals surface area contributed by atoms with Crippen LogP contribution >= 0.6 is 0 Å². The van der Waals surface area contributed by atoms with E-state index in [0.29, 0.717) is 34.8 Å². The first-order chi connectivity index (χ1) is 14.3. The first-order valence-electron chi connectivity index (χ1n) is 9.01. The minimum absolute atomic E-state index is 0.0134. The molecule has 0 radical (unpaired) electrons. The Hall–Kier alpha value is -3.94. The van der Waals surface area contributed by atoms with Crippen molar-refractivity contribution in [1.82, 2.24) is 0 Å². The number of methoxy groups -OCH3 is 1. The van der Waals surface area contributed by atoms with E-state index in [1.54, 1.807) is 37.3 Å². The number of nitrogens with zero attached hydrogens (tertiary/aromatic N) is 2. The highest BCUT2D eigenvalue weighted by Gasteiger charge is 2.25. The lowest BCUT2D eigenvalue weighted by Crippen LogP contribution is -2.06. The molecule has 1 aliphatic heterocycles. The molecule has 0 bridgehead atoms. The van der Waals surface area contributed by atoms with E-state index < -0.39 is 10.9 Å². The zero-order valence-corrected chi connectivity index (χ0v) is 16.8. The molecule has 1 aliphatic rings. The zero-order chi connectivity index (χ0) is 21.8. The van der Waals surface area contributed by atoms with E-state index in [1.165, 1.54) is 19.2 Å². The van der Waals surface area contributed by atoms with E-state index in [0.717, 1.165) is 5.57 Å². The summed E-state index contributed by atoms with van der Waals surface area (Å²) >= 11 is 0. The lowest BCUT2D eigenvalue weighted by molar-refractivity contribution is -0.385. The second-order valence-electron chi connectivity index (χ2n) is 6.75. The van der Waals surface area contributed by atoms with Gasteiger partial charge in [-0.3, -0.25) is 10.1 Å². The fourth-order valence-electron chi connectivity index (χ4n) is 2.78. The van der Waals surface area contributed by atoms with E-state index in [-0.39, 0.29) is 17.3 Å². The maximum absolute atomic E-state index is 12.2. The summed E-state index contributed by atoms with van der Waals surface area (Å²) in [5.74, 6) is 0.551. The van der Waals surface area contributed by atoms with Crippen LogP contribution in [0.15, 0.2) is 59.2 Å². The first-order valence-corrected chi connectivity index (χ1v) is 9.01. The van der Waals surface area contributed by atoms with Crippen LogP contribution in [0, 0.1) is 17.0 Å². The summed E-state index contributed by atoms with van der Waals surface area (Å²) in [5.41, 5.74) is 2.57. The number of nitro benzene ring substituents is 1. The number of nitro groups is 1. The molecule has 1 heterocycles. The van der Waals surface area contributed by atoms with Gasteiger partial charge in [0, 0.05) is 17.2 Å². The van der Waals surface area contributed by atoms with Crippen LogP contribution in [-0.2, 0) is 9.53 Å². The van der Waals surface area contributed by atoms with Gasteiger partial charge in [0.1, 0.15) is 6.61 Å². The van der Waals surface area contributed by atoms with E-state index >= 15 is 0 Å². The molecule has 8 nitrogen and oxygen atoms in total. The number of esters is 1. The summed E-state index contributed by atoms with van der Waals surface area (Å²) in [6.07, 6.45) is 1.57. The molecular formula is C22H20N2O6. The normalized spacial score (nSPS) is 14.3. The molecule has 0 saturated heterocycles. The molecule has 3 rings (SSSR count). The highest BCUT2D eigenvalue weighted by atomic mass is 16.6. The summed E-state index contributed by atoms with van der Waals surface area (Å²) in [5, 5.41) is 11.0. The molecule has 2 aromatic rings. The Morgan fingerprint density at radius 2 is 2.03 bits per heavy atom. The molecule has 0 amide bonds. The number of ether oxygens (including phenoxy) is 3. The summed E-state index contributed by atoms with van der Waals surface area (Å²) in [6, 6.07) is 9.63. The third-order valence-corrected chi connectivity index (χ3v) is 4.23. The standard InChI is InChI=1S/C22H20N2O6/c1-13(2)12-29-19-8-5-15(11-20(19)28-4)10-17-22(25)30-21(23-17)16-6-7-18(24(26)27)14(3)9-16/h5-11H,1,12H2,2-4H3/b17-10-. The monoisotopic (exact) mass is 408 g/mol. The van der Waals surface area contributed by atoms with E-state index in [9.17, 15) is 14.9 Å². The van der Waals surface area contributed by atoms with Gasteiger partial charge >= 0.3 is 5.97 Å². The van der Waals surface area contributed by atoms with Crippen molar-refractivity contribution in [2.75, 3.05) is 13.7 Å². The van der Waals surface area contributed by atoms with Gasteiger partial charge in [-0.15, -0.1) is 0 Å². The number of cyclic esters (lactones) is 1. The van der Waals surface area contributed by atoms with Gasteiger partial charge in [-0.25, -0.2) is 9.79 Å². The van der Waals surface area contributed by atoms with Crippen molar-refractivity contribution < 1.29 is 23.9 Å². The number of aryl methyl sites for hydroxylation is 1. The van der Waals surface area contributed by atoms with Gasteiger partial charge in [0.25, 0.3) is 5.69 Å². The van der Waals surface area contributed by atoms with E-state index in [4.69, 9.17) is 14.2 Å². The van der Waals surface area contributed by atoms with Crippen molar-refractivity contribution in [1.29, 1.82) is 0 Å². The third kappa shape index (κ3) is 4.54. The third-order valence-electron chi connectivity index (χ3n) is 4.23. The van der Waals surface area contributed by atoms with Crippen molar-refractivity contribution in [2.24, 2.45) is 4.99 Å². The maximum Gasteiger partial charge on any atom is 0.363 e. The number of hydrogen-bond donors (Lipinski definition) is 0. The number of carbonyl (C=O) groups excluding carboxylic acids is 1. The number of hydrogen-bond acceptors (Lipinski definition) is 7. The summed E-state index contributed by atoms with van der Waals surface area (Å²) in [4.78, 5) is 27.0. The Bertz CT molecular complexity index is 1100. The number of benzene rings is 2. The molecule has 0 aliphatic carbocycles. The highest BCUT2D eigenvalue weighted by Crippen LogP contribution is 2.30. The summed E-state index contributed by atoms with van der Waals surface area (Å²) < 4.78 is 16.2. The predicted octanol–water partition coefficient (Wildman–Crippen LogP) is 4.21. The van der Waals surface area contributed by atoms with E-state index in [1.807, 2.05) is 6.92 Å². The van der Waals surface area contributed by atoms with Crippen molar-refractivity contribution in [3.05, 3.63) is 81.1 Å². The van der Waals surface area contributed by atoms with Crippen LogP contribution in [-0.4, -0.2) is 30.5 Å². The Morgan fingerprint density at radius 1 is 1.27 bits per heavy atom. The van der Waals surface area contributed by atoms with Crippen LogP contribution in [0.3, 0.4) is 0 Å². The number of rotatable bonds is 7. The SMILES string of the molecule is C=C(C)COc1ccc(/C=C2\N=C(c3ccc([N+](=O)[O-])c(C)c3)OC2=O)cc1OC. The van der Waals surface area contributed by atoms with Crippen LogP contribution in [0.1, 0.15) is 23.6 Å². The molecule has 2 aromatic carbocycles. The van der Waals surface area contributed by atoms with Gasteiger partial charge in [-0.05, 0) is 55.3 Å². The molecule has 0 N–H and O–H groups in total. The smallest absolute Gasteiger partial charge is 0.363 e. The lowest BCUT2D eigenvalue weighted by atomic mass is 10.1. The molecule has 0 fully saturated rings. The molecule has 0 aromatic heterocycles. The van der Waals surface area contributed by atoms with Crippen molar-refractivity contribution in [3.63, 3.8) is 0 Å². The second-order valence-corrected chi connectivity index (χ2v) is 6.75. The lowest BCUT2D eigenvalue weighted by Gasteiger charge is -2.11. The van der Waals surface area contributed by atoms with E-state index in [2.05, 4.69) is 11.6 Å². The predicted molar refractivity (Wildman–Crippen MR) is 112 cm³/mol. The molecule has 0 atom stereocenters. The van der Waals surface area contributed by atoms with Crippen molar-refractivity contribution in [3.8, 4) is 11.5 Å². The van der Waals surface area contributed by atoms with Crippen LogP contribution in [0.2, 0.25) is 0 Å². The minimum atomic E-state index is -0.609. The van der Waals surface area contributed by atoms with Gasteiger partial charge in [0.15, 0.2) is 17.2 Å². The molecule has 154 valence electrons. The number of aliphatic imine (C=N–C) groups is 1. The molecule has 0 spiro atoms. The molecule has 8 heteroatoms. The second kappa shape index (κ2) is 8.60. The Balaban J connectivity index is 1.88. The molecule has 0 unspecified atom stereocenters. The maximum atomic E-state index is 12.2. The topological polar surface area (TPSA) is 100 Å². The van der Waals surface area contributed by atoms with Gasteiger partial charge in [-0.2, -0.15) is 0 Å². The highest BCUT2D eigenvalue weighted by molar-refractivity contribution is 6.13.